The third kappa shape index (κ3) is 5.93. The Labute approximate surface area is 136 Å². The Bertz CT molecular complexity index is 507. The molecule has 0 fully saturated rings. The Kier molecular flexibility index (Phi) is 7.74. The first-order chi connectivity index (χ1) is 10.5. The van der Waals surface area contributed by atoms with E-state index in [-0.39, 0.29) is 12.5 Å². The van der Waals surface area contributed by atoms with Crippen LogP contribution in [0.25, 0.3) is 0 Å². The summed E-state index contributed by atoms with van der Waals surface area (Å²) >= 11 is 5.89. The van der Waals surface area contributed by atoms with E-state index in [0.29, 0.717) is 23.9 Å². The maximum Gasteiger partial charge on any atom is 0.325 e. The van der Waals surface area contributed by atoms with Crippen molar-refractivity contribution in [1.82, 2.24) is 4.90 Å². The summed E-state index contributed by atoms with van der Waals surface area (Å²) < 4.78 is 10.5. The van der Waals surface area contributed by atoms with Crippen LogP contribution < -0.4 is 4.74 Å². The van der Waals surface area contributed by atoms with Crippen molar-refractivity contribution in [2.75, 3.05) is 19.7 Å². The van der Waals surface area contributed by atoms with E-state index in [1.165, 1.54) is 4.90 Å². The lowest BCUT2D eigenvalue weighted by Crippen LogP contribution is -2.44. The average Bonchev–Trinajstić information content (AvgIpc) is 2.46. The van der Waals surface area contributed by atoms with Crippen LogP contribution in [0.15, 0.2) is 24.3 Å². The van der Waals surface area contributed by atoms with E-state index in [0.717, 1.165) is 6.42 Å². The van der Waals surface area contributed by atoms with Crippen molar-refractivity contribution in [3.63, 3.8) is 0 Å². The van der Waals surface area contributed by atoms with Crippen molar-refractivity contribution in [1.29, 1.82) is 0 Å². The summed E-state index contributed by atoms with van der Waals surface area (Å²) in [5, 5.41) is 0.536. The first-order valence-corrected chi connectivity index (χ1v) is 7.72. The topological polar surface area (TPSA) is 55.8 Å². The third-order valence-corrected chi connectivity index (χ3v) is 3.12. The minimum absolute atomic E-state index is 0.0657. The standard InChI is InChI=1S/C16H22ClNO4/c1-4-9-18(11-15(19)21-5-2)16(20)12(3)22-14-8-6-7-13(17)10-14/h6-8,10,12H,4-5,9,11H2,1-3H3. The Balaban J connectivity index is 2.69. The Morgan fingerprint density at radius 2 is 2.05 bits per heavy atom. The highest BCUT2D eigenvalue weighted by Gasteiger charge is 2.24. The number of amides is 1. The first kappa shape index (κ1) is 18.3. The molecule has 0 aromatic heterocycles. The molecule has 1 aromatic rings. The fourth-order valence-electron chi connectivity index (χ4n) is 1.95. The predicted octanol–water partition coefficient (Wildman–Crippen LogP) is 2.91. The number of rotatable bonds is 8. The minimum Gasteiger partial charge on any atom is -0.481 e. The Hall–Kier alpha value is -1.75. The van der Waals surface area contributed by atoms with Gasteiger partial charge in [0.05, 0.1) is 6.61 Å². The molecule has 22 heavy (non-hydrogen) atoms. The average molecular weight is 328 g/mol. The highest BCUT2D eigenvalue weighted by atomic mass is 35.5. The highest BCUT2D eigenvalue weighted by molar-refractivity contribution is 6.30. The molecule has 1 aromatic carbocycles. The number of benzene rings is 1. The molecule has 0 aliphatic rings. The smallest absolute Gasteiger partial charge is 0.325 e. The van der Waals surface area contributed by atoms with Gasteiger partial charge in [0, 0.05) is 11.6 Å². The molecular weight excluding hydrogens is 306 g/mol. The SMILES string of the molecule is CCCN(CC(=O)OCC)C(=O)C(C)Oc1cccc(Cl)c1. The molecular formula is C16H22ClNO4. The van der Waals surface area contributed by atoms with Gasteiger partial charge in [0.15, 0.2) is 6.10 Å². The Morgan fingerprint density at radius 3 is 2.64 bits per heavy atom. The van der Waals surface area contributed by atoms with Crippen LogP contribution in [0.2, 0.25) is 5.02 Å². The van der Waals surface area contributed by atoms with Crippen molar-refractivity contribution in [2.24, 2.45) is 0 Å². The quantitative estimate of drug-likeness (QED) is 0.689. The summed E-state index contributed by atoms with van der Waals surface area (Å²) in [4.78, 5) is 25.5. The van der Waals surface area contributed by atoms with Crippen LogP contribution in [0, 0.1) is 0 Å². The molecule has 0 aliphatic heterocycles. The van der Waals surface area contributed by atoms with Gasteiger partial charge in [0.1, 0.15) is 12.3 Å². The molecule has 0 N–H and O–H groups in total. The lowest BCUT2D eigenvalue weighted by molar-refractivity contribution is -0.151. The zero-order valence-electron chi connectivity index (χ0n) is 13.2. The van der Waals surface area contributed by atoms with Crippen molar-refractivity contribution in [3.8, 4) is 5.75 Å². The zero-order valence-corrected chi connectivity index (χ0v) is 13.9. The second kappa shape index (κ2) is 9.30. The highest BCUT2D eigenvalue weighted by Crippen LogP contribution is 2.18. The molecule has 122 valence electrons. The second-order valence-corrected chi connectivity index (χ2v) is 5.22. The monoisotopic (exact) mass is 327 g/mol. The van der Waals surface area contributed by atoms with Crippen molar-refractivity contribution in [2.45, 2.75) is 33.3 Å². The summed E-state index contributed by atoms with van der Waals surface area (Å²) in [6.45, 7) is 6.02. The molecule has 0 bridgehead atoms. The molecule has 0 heterocycles. The summed E-state index contributed by atoms with van der Waals surface area (Å²) in [7, 11) is 0. The molecule has 0 aliphatic carbocycles. The van der Waals surface area contributed by atoms with Crippen LogP contribution >= 0.6 is 11.6 Å². The molecule has 1 rings (SSSR count). The number of hydrogen-bond donors (Lipinski definition) is 0. The van der Waals surface area contributed by atoms with Crippen LogP contribution in [-0.4, -0.2) is 42.6 Å². The second-order valence-electron chi connectivity index (χ2n) is 4.78. The molecule has 0 radical (unpaired) electrons. The fourth-order valence-corrected chi connectivity index (χ4v) is 2.13. The molecule has 6 heteroatoms. The summed E-state index contributed by atoms with van der Waals surface area (Å²) in [6.07, 6.45) is 0.0362. The fraction of sp³-hybridized carbons (Fsp3) is 0.500. The normalized spacial score (nSPS) is 11.6. The number of esters is 1. The lowest BCUT2D eigenvalue weighted by Gasteiger charge is -2.25. The van der Waals surface area contributed by atoms with Gasteiger partial charge in [0.25, 0.3) is 5.91 Å². The van der Waals surface area contributed by atoms with Gasteiger partial charge >= 0.3 is 5.97 Å². The summed E-state index contributed by atoms with van der Waals surface area (Å²) in [6, 6.07) is 6.84. The Morgan fingerprint density at radius 1 is 1.32 bits per heavy atom. The van der Waals surface area contributed by atoms with Crippen LogP contribution in [0.5, 0.6) is 5.75 Å². The third-order valence-electron chi connectivity index (χ3n) is 2.89. The maximum absolute atomic E-state index is 12.4. The molecule has 0 saturated carbocycles. The van der Waals surface area contributed by atoms with Gasteiger partial charge in [0.2, 0.25) is 0 Å². The van der Waals surface area contributed by atoms with Crippen LogP contribution in [0.1, 0.15) is 27.2 Å². The number of ether oxygens (including phenoxy) is 2. The van der Waals surface area contributed by atoms with E-state index in [1.807, 2.05) is 6.92 Å². The zero-order chi connectivity index (χ0) is 16.5. The van der Waals surface area contributed by atoms with Gasteiger partial charge in [-0.15, -0.1) is 0 Å². The molecule has 0 saturated heterocycles. The summed E-state index contributed by atoms with van der Waals surface area (Å²) in [5.41, 5.74) is 0. The summed E-state index contributed by atoms with van der Waals surface area (Å²) in [5.74, 6) is -0.157. The van der Waals surface area contributed by atoms with Crippen molar-refractivity contribution < 1.29 is 19.1 Å². The van der Waals surface area contributed by atoms with Crippen LogP contribution in [0.3, 0.4) is 0 Å². The van der Waals surface area contributed by atoms with Crippen molar-refractivity contribution >= 4 is 23.5 Å². The lowest BCUT2D eigenvalue weighted by atomic mass is 10.3. The molecule has 1 amide bonds. The number of halogens is 1. The molecule has 5 nitrogen and oxygen atoms in total. The molecule has 1 atom stereocenters. The number of nitrogens with zero attached hydrogens (tertiary/aromatic N) is 1. The number of carbonyl (C=O) groups is 2. The van der Waals surface area contributed by atoms with E-state index >= 15 is 0 Å². The van der Waals surface area contributed by atoms with E-state index in [4.69, 9.17) is 21.1 Å². The first-order valence-electron chi connectivity index (χ1n) is 7.34. The van der Waals surface area contributed by atoms with E-state index < -0.39 is 12.1 Å². The van der Waals surface area contributed by atoms with E-state index in [9.17, 15) is 9.59 Å². The van der Waals surface area contributed by atoms with E-state index in [1.54, 1.807) is 38.1 Å². The van der Waals surface area contributed by atoms with Gasteiger partial charge in [-0.25, -0.2) is 0 Å². The minimum atomic E-state index is -0.709. The number of hydrogen-bond acceptors (Lipinski definition) is 4. The molecule has 1 unspecified atom stereocenters. The maximum atomic E-state index is 12.4. The van der Waals surface area contributed by atoms with Crippen molar-refractivity contribution in [3.05, 3.63) is 29.3 Å². The van der Waals surface area contributed by atoms with Gasteiger partial charge in [-0.05, 0) is 38.5 Å². The van der Waals surface area contributed by atoms with Gasteiger partial charge in [-0.3, -0.25) is 9.59 Å². The van der Waals surface area contributed by atoms with Crippen LogP contribution in [0.4, 0.5) is 0 Å². The number of carbonyl (C=O) groups excluding carboxylic acids is 2. The predicted molar refractivity (Wildman–Crippen MR) is 85.0 cm³/mol. The van der Waals surface area contributed by atoms with Gasteiger partial charge in [-0.1, -0.05) is 24.6 Å². The van der Waals surface area contributed by atoms with Gasteiger partial charge in [-0.2, -0.15) is 0 Å². The van der Waals surface area contributed by atoms with E-state index in [2.05, 4.69) is 0 Å². The largest absolute Gasteiger partial charge is 0.481 e. The molecule has 0 spiro atoms. The van der Waals surface area contributed by atoms with Gasteiger partial charge < -0.3 is 14.4 Å². The van der Waals surface area contributed by atoms with Crippen LogP contribution in [-0.2, 0) is 14.3 Å².